The molecule has 3 atom stereocenters. The van der Waals surface area contributed by atoms with Gasteiger partial charge in [0, 0.05) is 24.9 Å². The Hall–Kier alpha value is -3.35. The van der Waals surface area contributed by atoms with Crippen LogP contribution in [-0.4, -0.2) is 42.3 Å². The van der Waals surface area contributed by atoms with Gasteiger partial charge in [-0.2, -0.15) is 0 Å². The summed E-state index contributed by atoms with van der Waals surface area (Å²) in [7, 11) is 0. The molecular formula is C28H32N2O5. The molecule has 0 bridgehead atoms. The van der Waals surface area contributed by atoms with Crippen LogP contribution in [0.25, 0.3) is 11.1 Å². The molecule has 2 saturated carbocycles. The first-order valence-corrected chi connectivity index (χ1v) is 12.6. The van der Waals surface area contributed by atoms with E-state index in [1.807, 2.05) is 24.3 Å². The minimum Gasteiger partial charge on any atom is -0.481 e. The third-order valence-corrected chi connectivity index (χ3v) is 7.77. The van der Waals surface area contributed by atoms with Crippen LogP contribution in [0, 0.1) is 17.8 Å². The molecule has 3 N–H and O–H groups in total. The van der Waals surface area contributed by atoms with Gasteiger partial charge in [0.2, 0.25) is 5.91 Å². The number of fused-ring (bicyclic) bond motifs is 3. The first-order valence-electron chi connectivity index (χ1n) is 12.6. The molecule has 2 fully saturated rings. The number of alkyl carbamates (subject to hydrolysis) is 1. The lowest BCUT2D eigenvalue weighted by Gasteiger charge is -2.21. The maximum absolute atomic E-state index is 12.6. The summed E-state index contributed by atoms with van der Waals surface area (Å²) in [6, 6.07) is 16.1. The van der Waals surface area contributed by atoms with Gasteiger partial charge in [0.25, 0.3) is 0 Å². The Morgan fingerprint density at radius 2 is 1.60 bits per heavy atom. The predicted molar refractivity (Wildman–Crippen MR) is 131 cm³/mol. The van der Waals surface area contributed by atoms with E-state index in [1.165, 1.54) is 22.3 Å². The number of rotatable bonds is 9. The van der Waals surface area contributed by atoms with E-state index in [0.29, 0.717) is 25.3 Å². The molecule has 0 saturated heterocycles. The maximum atomic E-state index is 12.6. The van der Waals surface area contributed by atoms with E-state index in [1.54, 1.807) is 0 Å². The first-order chi connectivity index (χ1) is 17.0. The van der Waals surface area contributed by atoms with Crippen LogP contribution in [-0.2, 0) is 14.3 Å². The van der Waals surface area contributed by atoms with Crippen LogP contribution in [0.5, 0.6) is 0 Å². The van der Waals surface area contributed by atoms with Crippen molar-refractivity contribution in [2.75, 3.05) is 13.2 Å². The minimum atomic E-state index is -0.844. The molecular weight excluding hydrogens is 444 g/mol. The molecule has 0 radical (unpaired) electrons. The van der Waals surface area contributed by atoms with E-state index in [0.717, 1.165) is 19.3 Å². The highest BCUT2D eigenvalue weighted by Gasteiger charge is 2.37. The van der Waals surface area contributed by atoms with Crippen molar-refractivity contribution >= 4 is 18.0 Å². The number of carboxylic acid groups (broad SMARTS) is 1. The van der Waals surface area contributed by atoms with Crippen molar-refractivity contribution in [3.63, 3.8) is 0 Å². The van der Waals surface area contributed by atoms with Gasteiger partial charge >= 0.3 is 12.1 Å². The van der Waals surface area contributed by atoms with Crippen molar-refractivity contribution in [3.8, 4) is 11.1 Å². The summed E-state index contributed by atoms with van der Waals surface area (Å²) < 4.78 is 5.63. The van der Waals surface area contributed by atoms with E-state index in [-0.39, 0.29) is 36.8 Å². The minimum absolute atomic E-state index is 0.00625. The highest BCUT2D eigenvalue weighted by Crippen LogP contribution is 2.44. The van der Waals surface area contributed by atoms with Crippen LogP contribution >= 0.6 is 0 Å². The van der Waals surface area contributed by atoms with Gasteiger partial charge in [-0.05, 0) is 59.8 Å². The van der Waals surface area contributed by atoms with Crippen LogP contribution in [0.15, 0.2) is 48.5 Å². The van der Waals surface area contributed by atoms with Gasteiger partial charge in [-0.25, -0.2) is 4.79 Å². The van der Waals surface area contributed by atoms with E-state index < -0.39 is 18.0 Å². The summed E-state index contributed by atoms with van der Waals surface area (Å²) in [5.41, 5.74) is 4.70. The van der Waals surface area contributed by atoms with Crippen molar-refractivity contribution in [1.82, 2.24) is 10.6 Å². The van der Waals surface area contributed by atoms with Gasteiger partial charge in [0.05, 0.1) is 5.92 Å². The Kier molecular flexibility index (Phi) is 6.75. The molecule has 2 amide bonds. The molecule has 1 unspecified atom stereocenters. The smallest absolute Gasteiger partial charge is 0.407 e. The fourth-order valence-electron chi connectivity index (χ4n) is 5.77. The number of carbonyl (C=O) groups is 3. The molecule has 5 rings (SSSR count). The number of amides is 2. The summed E-state index contributed by atoms with van der Waals surface area (Å²) in [4.78, 5) is 36.6. The number of carbonyl (C=O) groups excluding carboxylic acids is 2. The zero-order chi connectivity index (χ0) is 24.4. The lowest BCUT2D eigenvalue weighted by molar-refractivity contribution is -0.142. The molecule has 184 valence electrons. The zero-order valence-corrected chi connectivity index (χ0v) is 19.7. The third-order valence-electron chi connectivity index (χ3n) is 7.77. The number of nitrogens with one attached hydrogen (secondary N) is 2. The molecule has 0 spiro atoms. The molecule has 2 aromatic carbocycles. The van der Waals surface area contributed by atoms with Crippen LogP contribution in [0.4, 0.5) is 4.79 Å². The third kappa shape index (κ3) is 5.19. The number of hydrogen-bond donors (Lipinski definition) is 3. The fraction of sp³-hybridized carbons (Fsp3) is 0.464. The van der Waals surface area contributed by atoms with E-state index in [9.17, 15) is 19.5 Å². The number of aliphatic carboxylic acids is 1. The molecule has 35 heavy (non-hydrogen) atoms. The standard InChI is InChI=1S/C28H32N2O5/c31-26(30-25-11-5-10-23(25)27(32)33)14-18(17-12-13-17)15-29-28(34)35-16-24-21-8-3-1-6-19(21)20-7-2-4-9-22(20)24/h1-4,6-9,17-18,23-25H,5,10-16H2,(H,29,34)(H,30,31)(H,32,33)/t18?,23-,25+/m1/s1. The second kappa shape index (κ2) is 10.1. The lowest BCUT2D eigenvalue weighted by Crippen LogP contribution is -2.42. The summed E-state index contributed by atoms with van der Waals surface area (Å²) >= 11 is 0. The second-order valence-electron chi connectivity index (χ2n) is 10.1. The molecule has 2 aromatic rings. The fourth-order valence-corrected chi connectivity index (χ4v) is 5.77. The summed E-state index contributed by atoms with van der Waals surface area (Å²) in [5, 5.41) is 15.1. The molecule has 3 aliphatic rings. The highest BCUT2D eigenvalue weighted by molar-refractivity contribution is 5.80. The van der Waals surface area contributed by atoms with Gasteiger partial charge in [0.15, 0.2) is 0 Å². The Morgan fingerprint density at radius 1 is 0.943 bits per heavy atom. The summed E-state index contributed by atoms with van der Waals surface area (Å²) in [6.45, 7) is 0.633. The first kappa shape index (κ1) is 23.4. The van der Waals surface area contributed by atoms with Gasteiger partial charge in [-0.1, -0.05) is 55.0 Å². The van der Waals surface area contributed by atoms with Crippen molar-refractivity contribution in [2.24, 2.45) is 17.8 Å². The zero-order valence-electron chi connectivity index (χ0n) is 19.7. The Bertz CT molecular complexity index is 1070. The molecule has 7 heteroatoms. The monoisotopic (exact) mass is 476 g/mol. The van der Waals surface area contributed by atoms with Crippen molar-refractivity contribution in [1.29, 1.82) is 0 Å². The van der Waals surface area contributed by atoms with Gasteiger partial charge in [-0.15, -0.1) is 0 Å². The summed E-state index contributed by atoms with van der Waals surface area (Å²) in [5.74, 6) is -1.03. The molecule has 3 aliphatic carbocycles. The quantitative estimate of drug-likeness (QED) is 0.500. The number of carboxylic acids is 1. The largest absolute Gasteiger partial charge is 0.481 e. The molecule has 0 aliphatic heterocycles. The molecule has 0 heterocycles. The van der Waals surface area contributed by atoms with Crippen molar-refractivity contribution < 1.29 is 24.2 Å². The van der Waals surface area contributed by atoms with Crippen LogP contribution in [0.3, 0.4) is 0 Å². The maximum Gasteiger partial charge on any atom is 0.407 e. The Morgan fingerprint density at radius 3 is 2.23 bits per heavy atom. The summed E-state index contributed by atoms with van der Waals surface area (Å²) in [6.07, 6.45) is 4.04. The lowest BCUT2D eigenvalue weighted by atomic mass is 9.98. The second-order valence-corrected chi connectivity index (χ2v) is 10.1. The number of hydrogen-bond acceptors (Lipinski definition) is 4. The van der Waals surface area contributed by atoms with E-state index in [4.69, 9.17) is 4.74 Å². The van der Waals surface area contributed by atoms with E-state index >= 15 is 0 Å². The topological polar surface area (TPSA) is 105 Å². The Labute approximate surface area is 205 Å². The Balaban J connectivity index is 1.13. The van der Waals surface area contributed by atoms with Crippen molar-refractivity contribution in [2.45, 2.75) is 50.5 Å². The van der Waals surface area contributed by atoms with E-state index in [2.05, 4.69) is 34.9 Å². The predicted octanol–water partition coefficient (Wildman–Crippen LogP) is 4.31. The SMILES string of the molecule is O=C(CC(CNC(=O)OCC1c2ccccc2-c2ccccc21)C1CC1)N[C@H]1CCC[C@H]1C(=O)O. The highest BCUT2D eigenvalue weighted by atomic mass is 16.5. The normalized spacial score (nSPS) is 21.6. The molecule has 7 nitrogen and oxygen atoms in total. The van der Waals surface area contributed by atoms with Crippen LogP contribution < -0.4 is 10.6 Å². The van der Waals surface area contributed by atoms with Crippen LogP contribution in [0.1, 0.15) is 55.6 Å². The average molecular weight is 477 g/mol. The van der Waals surface area contributed by atoms with Gasteiger partial charge in [0.1, 0.15) is 6.61 Å². The molecule has 0 aromatic heterocycles. The van der Waals surface area contributed by atoms with Crippen molar-refractivity contribution in [3.05, 3.63) is 59.7 Å². The average Bonchev–Trinajstić information content (AvgIpc) is 3.51. The number of ether oxygens (including phenoxy) is 1. The van der Waals surface area contributed by atoms with Gasteiger partial charge < -0.3 is 20.5 Å². The van der Waals surface area contributed by atoms with Gasteiger partial charge in [-0.3, -0.25) is 9.59 Å². The number of benzene rings is 2. The van der Waals surface area contributed by atoms with Crippen LogP contribution in [0.2, 0.25) is 0 Å².